The maximum absolute atomic E-state index is 12.4. The fraction of sp³-hybridized carbons (Fsp3) is 0.615. The molecule has 1 aromatic rings. The molecule has 1 N–H and O–H groups in total. The maximum atomic E-state index is 12.4. The minimum atomic E-state index is -3.35. The molecule has 0 atom stereocenters. The number of sulfonamides is 1. The van der Waals surface area contributed by atoms with Crippen LogP contribution in [-0.4, -0.2) is 62.3 Å². The Morgan fingerprint density at radius 1 is 1.29 bits per heavy atom. The number of hydrogen-bond acceptors (Lipinski definition) is 5. The second kappa shape index (κ2) is 6.04. The second-order valence-electron chi connectivity index (χ2n) is 5.45. The molecule has 6 nitrogen and oxygen atoms in total. The largest absolute Gasteiger partial charge is 0.352 e. The number of hydrogen-bond donors (Lipinski definition) is 1. The van der Waals surface area contributed by atoms with Gasteiger partial charge in [0.05, 0.1) is 6.54 Å². The Kier molecular flexibility index (Phi) is 4.30. The molecule has 1 aliphatic carbocycles. The maximum Gasteiger partial charge on any atom is 0.252 e. The summed E-state index contributed by atoms with van der Waals surface area (Å²) in [5.74, 6) is 0.0482. The van der Waals surface area contributed by atoms with Crippen molar-refractivity contribution in [2.45, 2.75) is 23.1 Å². The fourth-order valence-corrected chi connectivity index (χ4v) is 4.94. The SMILES string of the molecule is O=C(CN1CCN(S(=O)(=O)c2cccs2)CC1)NC1CC1. The Morgan fingerprint density at radius 3 is 2.57 bits per heavy atom. The van der Waals surface area contributed by atoms with E-state index in [9.17, 15) is 13.2 Å². The van der Waals surface area contributed by atoms with E-state index in [1.165, 1.54) is 15.6 Å². The molecule has 21 heavy (non-hydrogen) atoms. The van der Waals surface area contributed by atoms with E-state index < -0.39 is 10.0 Å². The summed E-state index contributed by atoms with van der Waals surface area (Å²) in [6.45, 7) is 2.45. The highest BCUT2D eigenvalue weighted by molar-refractivity contribution is 7.91. The lowest BCUT2D eigenvalue weighted by Gasteiger charge is -2.33. The molecule has 1 aromatic heterocycles. The molecule has 3 rings (SSSR count). The molecule has 1 saturated heterocycles. The number of thiophene rings is 1. The van der Waals surface area contributed by atoms with Gasteiger partial charge in [0.2, 0.25) is 5.91 Å². The van der Waals surface area contributed by atoms with Crippen LogP contribution < -0.4 is 5.32 Å². The zero-order chi connectivity index (χ0) is 14.9. The van der Waals surface area contributed by atoms with Crippen molar-refractivity contribution in [3.05, 3.63) is 17.5 Å². The number of carbonyl (C=O) groups is 1. The summed E-state index contributed by atoms with van der Waals surface area (Å²) >= 11 is 1.24. The second-order valence-corrected chi connectivity index (χ2v) is 8.57. The van der Waals surface area contributed by atoms with Gasteiger partial charge in [0.25, 0.3) is 10.0 Å². The van der Waals surface area contributed by atoms with E-state index in [-0.39, 0.29) is 5.91 Å². The number of rotatable bonds is 5. The van der Waals surface area contributed by atoms with Crippen molar-refractivity contribution < 1.29 is 13.2 Å². The van der Waals surface area contributed by atoms with Gasteiger partial charge < -0.3 is 5.32 Å². The van der Waals surface area contributed by atoms with Crippen molar-refractivity contribution in [1.82, 2.24) is 14.5 Å². The lowest BCUT2D eigenvalue weighted by atomic mass is 10.3. The zero-order valence-electron chi connectivity index (χ0n) is 11.7. The first-order valence-electron chi connectivity index (χ1n) is 7.11. The Labute approximate surface area is 128 Å². The van der Waals surface area contributed by atoms with E-state index in [4.69, 9.17) is 0 Å². The Morgan fingerprint density at radius 2 is 2.00 bits per heavy atom. The summed E-state index contributed by atoms with van der Waals surface area (Å²) in [6, 6.07) is 3.75. The van der Waals surface area contributed by atoms with Crippen LogP contribution >= 0.6 is 11.3 Å². The number of nitrogens with zero attached hydrogens (tertiary/aromatic N) is 2. The van der Waals surface area contributed by atoms with Gasteiger partial charge in [-0.15, -0.1) is 11.3 Å². The molecular formula is C13H19N3O3S2. The van der Waals surface area contributed by atoms with Crippen molar-refractivity contribution in [2.24, 2.45) is 0 Å². The van der Waals surface area contributed by atoms with Gasteiger partial charge in [-0.1, -0.05) is 6.07 Å². The highest BCUT2D eigenvalue weighted by atomic mass is 32.2. The first-order valence-corrected chi connectivity index (χ1v) is 9.43. The molecule has 2 heterocycles. The molecule has 0 radical (unpaired) electrons. The van der Waals surface area contributed by atoms with E-state index in [0.29, 0.717) is 43.0 Å². The lowest BCUT2D eigenvalue weighted by molar-refractivity contribution is -0.122. The standard InChI is InChI=1S/C13H19N3O3S2/c17-12(14-11-3-4-11)10-15-5-7-16(8-6-15)21(18,19)13-2-1-9-20-13/h1-2,9,11H,3-8,10H2,(H,14,17). The van der Waals surface area contributed by atoms with Crippen LogP contribution in [0.1, 0.15) is 12.8 Å². The summed E-state index contributed by atoms with van der Waals surface area (Å²) in [5.41, 5.74) is 0. The number of piperazine rings is 1. The Bertz CT molecular complexity index is 588. The predicted molar refractivity (Wildman–Crippen MR) is 80.7 cm³/mol. The average Bonchev–Trinajstić information content (AvgIpc) is 3.08. The topological polar surface area (TPSA) is 69.7 Å². The van der Waals surface area contributed by atoms with Gasteiger partial charge in [-0.25, -0.2) is 8.42 Å². The third-order valence-corrected chi connectivity index (χ3v) is 7.00. The van der Waals surface area contributed by atoms with E-state index in [2.05, 4.69) is 5.32 Å². The summed E-state index contributed by atoms with van der Waals surface area (Å²) < 4.78 is 26.6. The minimum absolute atomic E-state index is 0.0482. The normalized spacial score (nSPS) is 21.3. The van der Waals surface area contributed by atoms with Gasteiger partial charge >= 0.3 is 0 Å². The van der Waals surface area contributed by atoms with Gasteiger partial charge in [-0.2, -0.15) is 4.31 Å². The van der Waals surface area contributed by atoms with Crippen LogP contribution in [-0.2, 0) is 14.8 Å². The minimum Gasteiger partial charge on any atom is -0.352 e. The zero-order valence-corrected chi connectivity index (χ0v) is 13.3. The third-order valence-electron chi connectivity index (χ3n) is 3.73. The molecular weight excluding hydrogens is 310 g/mol. The van der Waals surface area contributed by atoms with E-state index in [1.807, 2.05) is 4.90 Å². The molecule has 1 amide bonds. The quantitative estimate of drug-likeness (QED) is 0.845. The fourth-order valence-electron chi connectivity index (χ4n) is 2.37. The highest BCUT2D eigenvalue weighted by Crippen LogP contribution is 2.22. The number of amides is 1. The molecule has 116 valence electrons. The number of carbonyl (C=O) groups excluding carboxylic acids is 1. The predicted octanol–water partition coefficient (Wildman–Crippen LogP) is 0.333. The summed E-state index contributed by atoms with van der Waals surface area (Å²) in [7, 11) is -3.35. The first kappa shape index (κ1) is 15.0. The Balaban J connectivity index is 1.51. The van der Waals surface area contributed by atoms with Crippen LogP contribution in [0.4, 0.5) is 0 Å². The van der Waals surface area contributed by atoms with Crippen LogP contribution in [0, 0.1) is 0 Å². The lowest BCUT2D eigenvalue weighted by Crippen LogP contribution is -2.51. The van der Waals surface area contributed by atoms with Gasteiger partial charge in [0, 0.05) is 32.2 Å². The summed E-state index contributed by atoms with van der Waals surface area (Å²) in [5, 5.41) is 4.72. The third kappa shape index (κ3) is 3.63. The molecule has 2 fully saturated rings. The van der Waals surface area contributed by atoms with Crippen molar-refractivity contribution >= 4 is 27.3 Å². The molecule has 0 aromatic carbocycles. The van der Waals surface area contributed by atoms with Crippen molar-refractivity contribution in [2.75, 3.05) is 32.7 Å². The van der Waals surface area contributed by atoms with Crippen molar-refractivity contribution in [3.8, 4) is 0 Å². The molecule has 0 bridgehead atoms. The summed E-state index contributed by atoms with van der Waals surface area (Å²) in [6.07, 6.45) is 2.16. The first-order chi connectivity index (χ1) is 10.1. The van der Waals surface area contributed by atoms with Gasteiger partial charge in [-0.05, 0) is 24.3 Å². The van der Waals surface area contributed by atoms with Crippen LogP contribution in [0.15, 0.2) is 21.7 Å². The van der Waals surface area contributed by atoms with Crippen LogP contribution in [0.2, 0.25) is 0 Å². The van der Waals surface area contributed by atoms with Crippen LogP contribution in [0.5, 0.6) is 0 Å². The highest BCUT2D eigenvalue weighted by Gasteiger charge is 2.30. The van der Waals surface area contributed by atoms with Gasteiger partial charge in [0.1, 0.15) is 4.21 Å². The van der Waals surface area contributed by atoms with E-state index in [0.717, 1.165) is 12.8 Å². The smallest absolute Gasteiger partial charge is 0.252 e. The molecule has 1 saturated carbocycles. The van der Waals surface area contributed by atoms with Crippen molar-refractivity contribution in [3.63, 3.8) is 0 Å². The summed E-state index contributed by atoms with van der Waals surface area (Å²) in [4.78, 5) is 13.8. The Hall–Kier alpha value is -0.960. The van der Waals surface area contributed by atoms with Crippen LogP contribution in [0.3, 0.4) is 0 Å². The van der Waals surface area contributed by atoms with E-state index >= 15 is 0 Å². The average molecular weight is 329 g/mol. The molecule has 0 spiro atoms. The molecule has 0 unspecified atom stereocenters. The van der Waals surface area contributed by atoms with Gasteiger partial charge in [-0.3, -0.25) is 9.69 Å². The molecule has 1 aliphatic heterocycles. The monoisotopic (exact) mass is 329 g/mol. The van der Waals surface area contributed by atoms with Crippen LogP contribution in [0.25, 0.3) is 0 Å². The van der Waals surface area contributed by atoms with Crippen molar-refractivity contribution in [1.29, 1.82) is 0 Å². The van der Waals surface area contributed by atoms with E-state index in [1.54, 1.807) is 17.5 Å². The molecule has 2 aliphatic rings. The molecule has 8 heteroatoms. The number of nitrogens with one attached hydrogen (secondary N) is 1. The van der Waals surface area contributed by atoms with Gasteiger partial charge in [0.15, 0.2) is 0 Å².